The Morgan fingerprint density at radius 2 is 1.94 bits per heavy atom. The first-order valence-electron chi connectivity index (χ1n) is 6.90. The van der Waals surface area contributed by atoms with Gasteiger partial charge in [-0.25, -0.2) is 0 Å². The van der Waals surface area contributed by atoms with E-state index >= 15 is 0 Å². The highest BCUT2D eigenvalue weighted by Crippen LogP contribution is 2.28. The maximum absolute atomic E-state index is 9.59. The van der Waals surface area contributed by atoms with E-state index < -0.39 is 0 Å². The molecule has 1 aliphatic carbocycles. The van der Waals surface area contributed by atoms with Crippen LogP contribution in [0.2, 0.25) is 0 Å². The molecule has 16 heavy (non-hydrogen) atoms. The zero-order valence-electron chi connectivity index (χ0n) is 10.7. The highest BCUT2D eigenvalue weighted by Gasteiger charge is 2.34. The molecule has 2 aliphatic rings. The summed E-state index contributed by atoms with van der Waals surface area (Å²) in [5.74, 6) is 0. The minimum absolute atomic E-state index is 0.0301. The summed E-state index contributed by atoms with van der Waals surface area (Å²) >= 11 is 0. The fourth-order valence-corrected chi connectivity index (χ4v) is 3.40. The molecule has 3 atom stereocenters. The van der Waals surface area contributed by atoms with Crippen molar-refractivity contribution in [3.8, 4) is 0 Å². The highest BCUT2D eigenvalue weighted by atomic mass is 16.3. The van der Waals surface area contributed by atoms with E-state index in [-0.39, 0.29) is 6.10 Å². The topological polar surface area (TPSA) is 26.7 Å². The largest absolute Gasteiger partial charge is 0.393 e. The molecule has 2 fully saturated rings. The van der Waals surface area contributed by atoms with Crippen LogP contribution in [0, 0.1) is 0 Å². The molecule has 3 heteroatoms. The predicted molar refractivity (Wildman–Crippen MR) is 66.5 cm³/mol. The van der Waals surface area contributed by atoms with Gasteiger partial charge in [-0.1, -0.05) is 13.8 Å². The van der Waals surface area contributed by atoms with E-state index in [1.165, 1.54) is 39.0 Å². The average Bonchev–Trinajstić information content (AvgIpc) is 2.89. The van der Waals surface area contributed by atoms with E-state index in [9.17, 15) is 5.11 Å². The van der Waals surface area contributed by atoms with E-state index in [1.54, 1.807) is 0 Å². The van der Waals surface area contributed by atoms with Crippen LogP contribution in [-0.4, -0.2) is 59.3 Å². The van der Waals surface area contributed by atoms with Gasteiger partial charge in [0.2, 0.25) is 0 Å². The highest BCUT2D eigenvalue weighted by molar-refractivity contribution is 4.90. The maximum Gasteiger partial charge on any atom is 0.0555 e. The third-order valence-corrected chi connectivity index (χ3v) is 4.42. The Morgan fingerprint density at radius 1 is 1.19 bits per heavy atom. The molecule has 3 nitrogen and oxygen atoms in total. The molecule has 0 aromatic rings. The van der Waals surface area contributed by atoms with Crippen LogP contribution in [0.1, 0.15) is 39.5 Å². The number of hydrogen-bond donors (Lipinski definition) is 1. The second-order valence-electron chi connectivity index (χ2n) is 5.28. The van der Waals surface area contributed by atoms with Crippen LogP contribution in [0.25, 0.3) is 0 Å². The average molecular weight is 226 g/mol. The van der Waals surface area contributed by atoms with Gasteiger partial charge in [0.1, 0.15) is 0 Å². The summed E-state index contributed by atoms with van der Waals surface area (Å²) in [6.07, 6.45) is 4.50. The third kappa shape index (κ3) is 2.58. The number of aliphatic hydroxyl groups is 1. The summed E-state index contributed by atoms with van der Waals surface area (Å²) in [4.78, 5) is 5.19. The molecule has 1 saturated heterocycles. The van der Waals surface area contributed by atoms with Crippen LogP contribution in [0.4, 0.5) is 0 Å². The summed E-state index contributed by atoms with van der Waals surface area (Å²) in [6.45, 7) is 9.30. The molecule has 0 aromatic heterocycles. The Labute approximate surface area is 99.4 Å². The lowest BCUT2D eigenvalue weighted by Crippen LogP contribution is -2.39. The summed E-state index contributed by atoms with van der Waals surface area (Å²) in [5, 5.41) is 9.59. The van der Waals surface area contributed by atoms with E-state index in [1.807, 2.05) is 0 Å². The number of nitrogens with zero attached hydrogens (tertiary/aromatic N) is 2. The molecule has 0 bridgehead atoms. The number of likely N-dealkylation sites (tertiary alicyclic amines) is 1. The van der Waals surface area contributed by atoms with Crippen molar-refractivity contribution in [3.63, 3.8) is 0 Å². The molecule has 0 spiro atoms. The molecule has 1 heterocycles. The summed E-state index contributed by atoms with van der Waals surface area (Å²) in [7, 11) is 0. The molecule has 1 aliphatic heterocycles. The number of likely N-dealkylation sites (N-methyl/N-ethyl adjacent to an activating group) is 1. The molecular weight excluding hydrogens is 200 g/mol. The number of hydrogen-bond acceptors (Lipinski definition) is 3. The SMILES string of the molecule is CCN(CC)C1CCN(C2CCC(O)C2)C1. The first-order valence-corrected chi connectivity index (χ1v) is 6.90. The predicted octanol–water partition coefficient (Wildman–Crippen LogP) is 1.32. The van der Waals surface area contributed by atoms with Gasteiger partial charge in [0.05, 0.1) is 6.10 Å². The zero-order chi connectivity index (χ0) is 11.5. The Balaban J connectivity index is 1.83. The third-order valence-electron chi connectivity index (χ3n) is 4.42. The first-order chi connectivity index (χ1) is 7.74. The van der Waals surface area contributed by atoms with Crippen LogP contribution in [0.3, 0.4) is 0 Å². The van der Waals surface area contributed by atoms with Gasteiger partial charge in [-0.3, -0.25) is 9.80 Å². The second-order valence-corrected chi connectivity index (χ2v) is 5.28. The van der Waals surface area contributed by atoms with E-state index in [2.05, 4.69) is 23.6 Å². The van der Waals surface area contributed by atoms with Crippen molar-refractivity contribution in [1.82, 2.24) is 9.80 Å². The lowest BCUT2D eigenvalue weighted by atomic mass is 10.2. The van der Waals surface area contributed by atoms with Gasteiger partial charge in [0.15, 0.2) is 0 Å². The smallest absolute Gasteiger partial charge is 0.0555 e. The van der Waals surface area contributed by atoms with E-state index in [4.69, 9.17) is 0 Å². The van der Waals surface area contributed by atoms with Crippen LogP contribution in [0.15, 0.2) is 0 Å². The van der Waals surface area contributed by atoms with Crippen molar-refractivity contribution in [2.24, 2.45) is 0 Å². The number of rotatable bonds is 4. The Hall–Kier alpha value is -0.120. The quantitative estimate of drug-likeness (QED) is 0.783. The Morgan fingerprint density at radius 3 is 2.50 bits per heavy atom. The molecule has 0 aromatic carbocycles. The maximum atomic E-state index is 9.59. The Bertz CT molecular complexity index is 218. The molecule has 0 radical (unpaired) electrons. The van der Waals surface area contributed by atoms with Crippen molar-refractivity contribution in [2.45, 2.75) is 57.7 Å². The van der Waals surface area contributed by atoms with Gasteiger partial charge in [0.25, 0.3) is 0 Å². The van der Waals surface area contributed by atoms with Crippen molar-refractivity contribution in [1.29, 1.82) is 0 Å². The minimum atomic E-state index is -0.0301. The number of aliphatic hydroxyl groups excluding tert-OH is 1. The second kappa shape index (κ2) is 5.48. The normalized spacial score (nSPS) is 36.4. The standard InChI is InChI=1S/C13H26N2O/c1-3-14(4-2)12-7-8-15(10-12)11-5-6-13(16)9-11/h11-13,16H,3-10H2,1-2H3. The fourth-order valence-electron chi connectivity index (χ4n) is 3.40. The lowest BCUT2D eigenvalue weighted by molar-refractivity contribution is 0.154. The molecule has 94 valence electrons. The van der Waals surface area contributed by atoms with Crippen LogP contribution >= 0.6 is 0 Å². The summed E-state index contributed by atoms with van der Waals surface area (Å²) in [6, 6.07) is 1.42. The molecule has 3 unspecified atom stereocenters. The Kier molecular flexibility index (Phi) is 4.22. The molecule has 2 rings (SSSR count). The van der Waals surface area contributed by atoms with Crippen molar-refractivity contribution in [3.05, 3.63) is 0 Å². The van der Waals surface area contributed by atoms with Gasteiger partial charge in [-0.2, -0.15) is 0 Å². The molecular formula is C13H26N2O. The first kappa shape index (κ1) is 12.3. The van der Waals surface area contributed by atoms with Gasteiger partial charge in [-0.15, -0.1) is 0 Å². The lowest BCUT2D eigenvalue weighted by Gasteiger charge is -2.28. The van der Waals surface area contributed by atoms with E-state index in [0.29, 0.717) is 6.04 Å². The molecule has 1 saturated carbocycles. The van der Waals surface area contributed by atoms with E-state index in [0.717, 1.165) is 18.9 Å². The minimum Gasteiger partial charge on any atom is -0.393 e. The summed E-state index contributed by atoms with van der Waals surface area (Å²) in [5.41, 5.74) is 0. The van der Waals surface area contributed by atoms with Crippen LogP contribution in [-0.2, 0) is 0 Å². The van der Waals surface area contributed by atoms with Crippen LogP contribution < -0.4 is 0 Å². The molecule has 0 amide bonds. The van der Waals surface area contributed by atoms with Gasteiger partial charge in [-0.05, 0) is 38.8 Å². The fraction of sp³-hybridized carbons (Fsp3) is 1.00. The zero-order valence-corrected chi connectivity index (χ0v) is 10.7. The molecule has 1 N–H and O–H groups in total. The monoisotopic (exact) mass is 226 g/mol. The van der Waals surface area contributed by atoms with Crippen molar-refractivity contribution in [2.75, 3.05) is 26.2 Å². The van der Waals surface area contributed by atoms with Crippen molar-refractivity contribution >= 4 is 0 Å². The van der Waals surface area contributed by atoms with Gasteiger partial charge in [0, 0.05) is 25.2 Å². The van der Waals surface area contributed by atoms with Crippen LogP contribution in [0.5, 0.6) is 0 Å². The van der Waals surface area contributed by atoms with Gasteiger partial charge >= 0.3 is 0 Å². The van der Waals surface area contributed by atoms with Gasteiger partial charge < -0.3 is 5.11 Å². The summed E-state index contributed by atoms with van der Waals surface area (Å²) < 4.78 is 0. The van der Waals surface area contributed by atoms with Crippen molar-refractivity contribution < 1.29 is 5.11 Å².